The Hall–Kier alpha value is -1.63. The second-order valence-corrected chi connectivity index (χ2v) is 7.33. The Morgan fingerprint density at radius 1 is 1.00 bits per heavy atom. The Labute approximate surface area is 155 Å². The van der Waals surface area contributed by atoms with Crippen LogP contribution in [0.25, 0.3) is 0 Å². The molecule has 0 aromatic heterocycles. The highest BCUT2D eigenvalue weighted by atomic mass is 16.5. The summed E-state index contributed by atoms with van der Waals surface area (Å²) >= 11 is 0. The van der Waals surface area contributed by atoms with Crippen molar-refractivity contribution in [3.8, 4) is 0 Å². The van der Waals surface area contributed by atoms with E-state index in [4.69, 9.17) is 9.84 Å². The smallest absolute Gasteiger partial charge is 0.306 e. The minimum Gasteiger partial charge on any atom is -0.481 e. The third kappa shape index (κ3) is 5.97. The van der Waals surface area contributed by atoms with E-state index in [-0.39, 0.29) is 29.6 Å². The molecule has 7 heteroatoms. The summed E-state index contributed by atoms with van der Waals surface area (Å²) < 4.78 is 5.25. The van der Waals surface area contributed by atoms with E-state index in [9.17, 15) is 14.4 Å². The Morgan fingerprint density at radius 2 is 1.62 bits per heavy atom. The Balaban J connectivity index is 1.67. The number of ether oxygens (including phenoxy) is 1. The average Bonchev–Trinajstić information content (AvgIpc) is 2.67. The van der Waals surface area contributed by atoms with Gasteiger partial charge in [0.2, 0.25) is 11.8 Å². The van der Waals surface area contributed by atoms with Crippen molar-refractivity contribution < 1.29 is 24.2 Å². The van der Waals surface area contributed by atoms with Crippen LogP contribution in [0.2, 0.25) is 0 Å². The van der Waals surface area contributed by atoms with Gasteiger partial charge in [0.25, 0.3) is 0 Å². The van der Waals surface area contributed by atoms with Gasteiger partial charge in [-0.3, -0.25) is 14.4 Å². The molecule has 2 N–H and O–H groups in total. The van der Waals surface area contributed by atoms with Gasteiger partial charge in [0.05, 0.1) is 5.92 Å². The summed E-state index contributed by atoms with van der Waals surface area (Å²) in [6.07, 6.45) is 4.72. The zero-order chi connectivity index (χ0) is 18.9. The highest BCUT2D eigenvalue weighted by Crippen LogP contribution is 2.31. The van der Waals surface area contributed by atoms with Crippen LogP contribution in [0.1, 0.15) is 51.9 Å². The lowest BCUT2D eigenvalue weighted by molar-refractivity contribution is -0.146. The predicted octanol–water partition coefficient (Wildman–Crippen LogP) is 1.66. The normalized spacial score (nSPS) is 24.3. The number of carbonyl (C=O) groups excluding carboxylic acids is 2. The minimum absolute atomic E-state index is 0.0195. The van der Waals surface area contributed by atoms with Crippen molar-refractivity contribution in [2.24, 2.45) is 17.8 Å². The molecular formula is C19H32N2O5. The van der Waals surface area contributed by atoms with Crippen molar-refractivity contribution in [2.45, 2.75) is 51.9 Å². The van der Waals surface area contributed by atoms with Crippen molar-refractivity contribution >= 4 is 17.8 Å². The van der Waals surface area contributed by atoms with Crippen LogP contribution in [0.5, 0.6) is 0 Å². The third-order valence-corrected chi connectivity index (χ3v) is 5.57. The predicted molar refractivity (Wildman–Crippen MR) is 96.5 cm³/mol. The number of carboxylic acid groups (broad SMARTS) is 1. The number of amides is 2. The van der Waals surface area contributed by atoms with Gasteiger partial charge in [-0.15, -0.1) is 0 Å². The monoisotopic (exact) mass is 368 g/mol. The number of nitrogens with zero attached hydrogens (tertiary/aromatic N) is 1. The number of hydrogen-bond donors (Lipinski definition) is 2. The molecule has 2 fully saturated rings. The second kappa shape index (κ2) is 10.5. The second-order valence-electron chi connectivity index (χ2n) is 7.33. The highest BCUT2D eigenvalue weighted by molar-refractivity contribution is 5.81. The Morgan fingerprint density at radius 3 is 2.19 bits per heavy atom. The van der Waals surface area contributed by atoms with Gasteiger partial charge in [-0.2, -0.15) is 0 Å². The molecule has 0 atom stereocenters. The van der Waals surface area contributed by atoms with E-state index >= 15 is 0 Å². The quantitative estimate of drug-likeness (QED) is 0.635. The minimum atomic E-state index is -0.746. The summed E-state index contributed by atoms with van der Waals surface area (Å²) in [5.74, 6) is -0.886. The first-order chi connectivity index (χ1) is 12.5. The van der Waals surface area contributed by atoms with Gasteiger partial charge >= 0.3 is 5.97 Å². The summed E-state index contributed by atoms with van der Waals surface area (Å²) in [6.45, 7) is 5.17. The molecule has 1 aliphatic carbocycles. The molecule has 0 aromatic carbocycles. The highest BCUT2D eigenvalue weighted by Gasteiger charge is 2.34. The number of carboxylic acids is 1. The van der Waals surface area contributed by atoms with Crippen molar-refractivity contribution in [3.05, 3.63) is 0 Å². The van der Waals surface area contributed by atoms with Gasteiger partial charge in [0.15, 0.2) is 0 Å². The average molecular weight is 368 g/mol. The number of nitrogens with one attached hydrogen (secondary N) is 1. The van der Waals surface area contributed by atoms with E-state index in [0.717, 1.165) is 6.42 Å². The topological polar surface area (TPSA) is 95.9 Å². The van der Waals surface area contributed by atoms with Gasteiger partial charge < -0.3 is 20.1 Å². The molecule has 1 heterocycles. The number of piperidine rings is 1. The van der Waals surface area contributed by atoms with Crippen LogP contribution in [0.4, 0.5) is 0 Å². The van der Waals surface area contributed by atoms with Gasteiger partial charge in [0.1, 0.15) is 0 Å². The molecule has 2 amide bonds. The van der Waals surface area contributed by atoms with E-state index in [2.05, 4.69) is 5.32 Å². The van der Waals surface area contributed by atoms with Crippen molar-refractivity contribution in [1.29, 1.82) is 0 Å². The molecule has 2 rings (SSSR count). The molecule has 2 aliphatic rings. The summed E-state index contributed by atoms with van der Waals surface area (Å²) in [5, 5.41) is 12.0. The fourth-order valence-electron chi connectivity index (χ4n) is 3.88. The standard InChI is InChI=1S/C19H32N2O5/c1-2-26-13-3-10-20-17(22)14-8-11-21(12-9-14)18(23)15-4-6-16(7-5-15)19(24)25/h14-16H,2-13H2,1H3,(H,20,22)(H,24,25). The van der Waals surface area contributed by atoms with Crippen molar-refractivity contribution in [1.82, 2.24) is 10.2 Å². The number of aliphatic carboxylic acids is 1. The molecule has 1 aliphatic heterocycles. The van der Waals surface area contributed by atoms with E-state index in [0.29, 0.717) is 71.4 Å². The molecule has 0 aromatic rings. The SMILES string of the molecule is CCOCCCNC(=O)C1CCN(C(=O)C2CCC(C(=O)O)CC2)CC1. The van der Waals surface area contributed by atoms with Crippen LogP contribution in [0.15, 0.2) is 0 Å². The summed E-state index contributed by atoms with van der Waals surface area (Å²) in [5.41, 5.74) is 0. The maximum atomic E-state index is 12.6. The number of rotatable bonds is 8. The lowest BCUT2D eigenvalue weighted by Gasteiger charge is -2.35. The first kappa shape index (κ1) is 20.7. The third-order valence-electron chi connectivity index (χ3n) is 5.57. The lowest BCUT2D eigenvalue weighted by Crippen LogP contribution is -2.45. The number of likely N-dealkylation sites (tertiary alicyclic amines) is 1. The van der Waals surface area contributed by atoms with Crippen LogP contribution < -0.4 is 5.32 Å². The molecule has 148 valence electrons. The van der Waals surface area contributed by atoms with Crippen LogP contribution in [0, 0.1) is 17.8 Å². The van der Waals surface area contributed by atoms with Gasteiger partial charge in [-0.25, -0.2) is 0 Å². The molecule has 0 bridgehead atoms. The first-order valence-electron chi connectivity index (χ1n) is 9.90. The Bertz CT molecular complexity index is 480. The molecule has 7 nitrogen and oxygen atoms in total. The summed E-state index contributed by atoms with van der Waals surface area (Å²) in [4.78, 5) is 37.7. The van der Waals surface area contributed by atoms with Crippen molar-refractivity contribution in [3.63, 3.8) is 0 Å². The molecule has 26 heavy (non-hydrogen) atoms. The molecule has 1 saturated heterocycles. The summed E-state index contributed by atoms with van der Waals surface area (Å²) in [7, 11) is 0. The largest absolute Gasteiger partial charge is 0.481 e. The van der Waals surface area contributed by atoms with Crippen LogP contribution in [-0.4, -0.2) is 60.6 Å². The number of hydrogen-bond acceptors (Lipinski definition) is 4. The molecular weight excluding hydrogens is 336 g/mol. The maximum Gasteiger partial charge on any atom is 0.306 e. The van der Waals surface area contributed by atoms with E-state index in [1.807, 2.05) is 11.8 Å². The molecule has 0 unspecified atom stereocenters. The van der Waals surface area contributed by atoms with Crippen molar-refractivity contribution in [2.75, 3.05) is 32.8 Å². The van der Waals surface area contributed by atoms with Gasteiger partial charge in [-0.1, -0.05) is 0 Å². The first-order valence-corrected chi connectivity index (χ1v) is 9.90. The van der Waals surface area contributed by atoms with Crippen LogP contribution >= 0.6 is 0 Å². The molecule has 1 saturated carbocycles. The fourth-order valence-corrected chi connectivity index (χ4v) is 3.88. The fraction of sp³-hybridized carbons (Fsp3) is 0.842. The van der Waals surface area contributed by atoms with Gasteiger partial charge in [-0.05, 0) is 51.9 Å². The van der Waals surface area contributed by atoms with E-state index < -0.39 is 5.97 Å². The van der Waals surface area contributed by atoms with Crippen LogP contribution in [0.3, 0.4) is 0 Å². The van der Waals surface area contributed by atoms with E-state index in [1.54, 1.807) is 0 Å². The molecule has 0 spiro atoms. The van der Waals surface area contributed by atoms with Gasteiger partial charge in [0, 0.05) is 44.7 Å². The number of carbonyl (C=O) groups is 3. The molecule has 0 radical (unpaired) electrons. The Kier molecular flexibility index (Phi) is 8.35. The lowest BCUT2D eigenvalue weighted by atomic mass is 9.81. The maximum absolute atomic E-state index is 12.6. The summed E-state index contributed by atoms with van der Waals surface area (Å²) in [6, 6.07) is 0. The zero-order valence-corrected chi connectivity index (χ0v) is 15.7. The van der Waals surface area contributed by atoms with Crippen LogP contribution in [-0.2, 0) is 19.1 Å². The zero-order valence-electron chi connectivity index (χ0n) is 15.7. The van der Waals surface area contributed by atoms with E-state index in [1.165, 1.54) is 0 Å².